The van der Waals surface area contributed by atoms with Crippen molar-refractivity contribution >= 4 is 34.8 Å². The second kappa shape index (κ2) is 7.23. The molecule has 8 heteroatoms. The largest absolute Gasteiger partial charge is 0.417 e. The van der Waals surface area contributed by atoms with Crippen LogP contribution in [0.1, 0.15) is 34.3 Å². The minimum atomic E-state index is -4.66. The topological polar surface area (TPSA) is 58.2 Å². The fourth-order valence-electron chi connectivity index (χ4n) is 2.50. The lowest BCUT2D eigenvalue weighted by molar-refractivity contribution is -0.137. The van der Waals surface area contributed by atoms with Crippen LogP contribution in [0.2, 0.25) is 5.02 Å². The minimum absolute atomic E-state index is 0.0270. The fraction of sp³-hybridized carbons (Fsp3) is 0.263. The van der Waals surface area contributed by atoms with Crippen molar-refractivity contribution in [2.75, 3.05) is 10.6 Å². The zero-order valence-electron chi connectivity index (χ0n) is 14.3. The van der Waals surface area contributed by atoms with Gasteiger partial charge in [-0.1, -0.05) is 17.7 Å². The molecule has 1 fully saturated rings. The molecule has 0 unspecified atom stereocenters. The number of amides is 2. The second-order valence-electron chi connectivity index (χ2n) is 6.44. The number of nitrogens with one attached hydrogen (secondary N) is 2. The van der Waals surface area contributed by atoms with E-state index in [9.17, 15) is 22.8 Å². The molecule has 142 valence electrons. The summed E-state index contributed by atoms with van der Waals surface area (Å²) in [5.41, 5.74) is 0.382. The average Bonchev–Trinajstić information content (AvgIpc) is 3.42. The smallest absolute Gasteiger partial charge is 0.326 e. The van der Waals surface area contributed by atoms with E-state index in [1.54, 1.807) is 25.1 Å². The lowest BCUT2D eigenvalue weighted by Crippen LogP contribution is -2.16. The highest BCUT2D eigenvalue weighted by Gasteiger charge is 2.34. The van der Waals surface area contributed by atoms with Crippen molar-refractivity contribution in [3.8, 4) is 0 Å². The molecule has 27 heavy (non-hydrogen) atoms. The van der Waals surface area contributed by atoms with Gasteiger partial charge in [0.1, 0.15) is 0 Å². The molecule has 2 aromatic rings. The summed E-state index contributed by atoms with van der Waals surface area (Å²) in [6.45, 7) is 1.74. The summed E-state index contributed by atoms with van der Waals surface area (Å²) < 4.78 is 38.9. The summed E-state index contributed by atoms with van der Waals surface area (Å²) in [7, 11) is 0. The zero-order chi connectivity index (χ0) is 19.8. The maximum Gasteiger partial charge on any atom is 0.417 e. The van der Waals surface area contributed by atoms with Crippen LogP contribution in [0, 0.1) is 12.8 Å². The van der Waals surface area contributed by atoms with Gasteiger partial charge in [0.05, 0.1) is 10.6 Å². The Hall–Kier alpha value is -2.54. The van der Waals surface area contributed by atoms with Crippen LogP contribution in [0.5, 0.6) is 0 Å². The standard InChI is InChI=1S/C19H16ClF3N2O2/c1-10-2-6-13(24-17(26)11-3-4-11)9-16(10)25-18(27)12-5-7-15(20)14(8-12)19(21,22)23/h2,5-9,11H,3-4H2,1H3,(H,24,26)(H,25,27). The van der Waals surface area contributed by atoms with Gasteiger partial charge in [-0.05, 0) is 55.7 Å². The molecule has 0 aromatic heterocycles. The molecule has 0 bridgehead atoms. The molecule has 0 heterocycles. The highest BCUT2D eigenvalue weighted by atomic mass is 35.5. The van der Waals surface area contributed by atoms with Crippen LogP contribution in [-0.4, -0.2) is 11.8 Å². The van der Waals surface area contributed by atoms with Crippen molar-refractivity contribution in [1.29, 1.82) is 0 Å². The monoisotopic (exact) mass is 396 g/mol. The number of hydrogen-bond donors (Lipinski definition) is 2. The summed E-state index contributed by atoms with van der Waals surface area (Å²) in [6.07, 6.45) is -2.94. The van der Waals surface area contributed by atoms with E-state index in [1.165, 1.54) is 6.07 Å². The van der Waals surface area contributed by atoms with Crippen molar-refractivity contribution in [2.45, 2.75) is 25.9 Å². The maximum absolute atomic E-state index is 13.0. The first-order chi connectivity index (χ1) is 12.6. The predicted molar refractivity (Wildman–Crippen MR) is 96.9 cm³/mol. The molecule has 1 saturated carbocycles. The van der Waals surface area contributed by atoms with Crippen molar-refractivity contribution in [3.63, 3.8) is 0 Å². The summed E-state index contributed by atoms with van der Waals surface area (Å²) in [5, 5.41) is 4.87. The van der Waals surface area contributed by atoms with E-state index >= 15 is 0 Å². The van der Waals surface area contributed by atoms with Crippen molar-refractivity contribution < 1.29 is 22.8 Å². The first-order valence-electron chi connectivity index (χ1n) is 8.25. The number of benzene rings is 2. The van der Waals surface area contributed by atoms with E-state index in [0.717, 1.165) is 18.9 Å². The SMILES string of the molecule is Cc1ccc(NC(=O)C2CC2)cc1NC(=O)c1ccc(Cl)c(C(F)(F)F)c1. The number of halogens is 4. The second-order valence-corrected chi connectivity index (χ2v) is 6.85. The fourth-order valence-corrected chi connectivity index (χ4v) is 2.73. The van der Waals surface area contributed by atoms with Crippen molar-refractivity contribution in [3.05, 3.63) is 58.1 Å². The van der Waals surface area contributed by atoms with E-state index in [-0.39, 0.29) is 17.4 Å². The third-order valence-electron chi connectivity index (χ3n) is 4.24. The van der Waals surface area contributed by atoms with Gasteiger partial charge in [-0.3, -0.25) is 9.59 Å². The number of anilines is 2. The summed E-state index contributed by atoms with van der Waals surface area (Å²) in [5.74, 6) is -0.756. The van der Waals surface area contributed by atoms with Crippen LogP contribution in [0.3, 0.4) is 0 Å². The Labute approximate surface area is 158 Å². The first-order valence-corrected chi connectivity index (χ1v) is 8.62. The molecule has 2 aromatic carbocycles. The Morgan fingerprint density at radius 3 is 2.41 bits per heavy atom. The highest BCUT2D eigenvalue weighted by Crippen LogP contribution is 2.35. The van der Waals surface area contributed by atoms with Gasteiger partial charge < -0.3 is 10.6 Å². The Bertz CT molecular complexity index is 908. The van der Waals surface area contributed by atoms with Gasteiger partial charge in [0, 0.05) is 22.9 Å². The van der Waals surface area contributed by atoms with Crippen LogP contribution in [0.25, 0.3) is 0 Å². The van der Waals surface area contributed by atoms with E-state index in [0.29, 0.717) is 23.0 Å². The molecular weight excluding hydrogens is 381 g/mol. The predicted octanol–water partition coefficient (Wildman–Crippen LogP) is 5.27. The molecule has 3 rings (SSSR count). The molecule has 2 amide bonds. The van der Waals surface area contributed by atoms with Crippen LogP contribution in [0.15, 0.2) is 36.4 Å². The van der Waals surface area contributed by atoms with Crippen molar-refractivity contribution in [2.24, 2.45) is 5.92 Å². The lowest BCUT2D eigenvalue weighted by atomic mass is 10.1. The number of alkyl halides is 3. The molecule has 4 nitrogen and oxygen atoms in total. The zero-order valence-corrected chi connectivity index (χ0v) is 15.0. The molecular formula is C19H16ClF3N2O2. The van der Waals surface area contributed by atoms with E-state index < -0.39 is 22.7 Å². The van der Waals surface area contributed by atoms with E-state index in [2.05, 4.69) is 10.6 Å². The first kappa shape index (κ1) is 19.2. The van der Waals surface area contributed by atoms with Gasteiger partial charge in [0.2, 0.25) is 5.91 Å². The number of hydrogen-bond acceptors (Lipinski definition) is 2. The summed E-state index contributed by atoms with van der Waals surface area (Å²) in [6, 6.07) is 7.97. The Morgan fingerprint density at radius 1 is 1.07 bits per heavy atom. The molecule has 0 atom stereocenters. The molecule has 0 spiro atoms. The van der Waals surface area contributed by atoms with Gasteiger partial charge in [-0.2, -0.15) is 13.2 Å². The Balaban J connectivity index is 1.80. The van der Waals surface area contributed by atoms with Crippen LogP contribution >= 0.6 is 11.6 Å². The summed E-state index contributed by atoms with van der Waals surface area (Å²) in [4.78, 5) is 24.3. The average molecular weight is 397 g/mol. The molecule has 1 aliphatic carbocycles. The van der Waals surface area contributed by atoms with Gasteiger partial charge >= 0.3 is 6.18 Å². The Kier molecular flexibility index (Phi) is 5.15. The number of carbonyl (C=O) groups is 2. The third-order valence-corrected chi connectivity index (χ3v) is 4.56. The molecule has 0 saturated heterocycles. The van der Waals surface area contributed by atoms with Crippen LogP contribution in [-0.2, 0) is 11.0 Å². The molecule has 0 radical (unpaired) electrons. The van der Waals surface area contributed by atoms with E-state index in [1.807, 2.05) is 0 Å². The number of aryl methyl sites for hydroxylation is 1. The van der Waals surface area contributed by atoms with Gasteiger partial charge in [-0.25, -0.2) is 0 Å². The molecule has 2 N–H and O–H groups in total. The highest BCUT2D eigenvalue weighted by molar-refractivity contribution is 6.31. The van der Waals surface area contributed by atoms with Crippen LogP contribution in [0.4, 0.5) is 24.5 Å². The molecule has 1 aliphatic rings. The van der Waals surface area contributed by atoms with E-state index in [4.69, 9.17) is 11.6 Å². The van der Waals surface area contributed by atoms with Crippen molar-refractivity contribution in [1.82, 2.24) is 0 Å². The minimum Gasteiger partial charge on any atom is -0.326 e. The number of carbonyl (C=O) groups excluding carboxylic acids is 2. The lowest BCUT2D eigenvalue weighted by Gasteiger charge is -2.13. The van der Waals surface area contributed by atoms with Gasteiger partial charge in [-0.15, -0.1) is 0 Å². The number of rotatable bonds is 4. The van der Waals surface area contributed by atoms with Gasteiger partial charge in [0.15, 0.2) is 0 Å². The normalized spacial score (nSPS) is 14.0. The Morgan fingerprint density at radius 2 is 1.78 bits per heavy atom. The maximum atomic E-state index is 13.0. The quantitative estimate of drug-likeness (QED) is 0.739. The third kappa shape index (κ3) is 4.60. The van der Waals surface area contributed by atoms with Crippen LogP contribution < -0.4 is 10.6 Å². The molecule has 0 aliphatic heterocycles. The summed E-state index contributed by atoms with van der Waals surface area (Å²) >= 11 is 5.58. The van der Waals surface area contributed by atoms with Gasteiger partial charge in [0.25, 0.3) is 5.91 Å².